The Bertz CT molecular complexity index is 492. The van der Waals surface area contributed by atoms with Gasteiger partial charge in [0.1, 0.15) is 5.60 Å². The normalized spacial score (nSPS) is 41.9. The van der Waals surface area contributed by atoms with Gasteiger partial charge in [-0.2, -0.15) is 5.26 Å². The highest BCUT2D eigenvalue weighted by molar-refractivity contribution is 5.77. The lowest BCUT2D eigenvalue weighted by molar-refractivity contribution is -0.212. The highest BCUT2D eigenvalue weighted by Crippen LogP contribution is 2.59. The Balaban J connectivity index is 1.75. The quantitative estimate of drug-likeness (QED) is 0.690. The Hall–Kier alpha value is -1.04. The number of esters is 1. The SMILES string of the molecule is CCC(C)(CC(C)C#N)C(=O)OC1(C)C2CC3CC(C2)CC1C3. The number of carbonyl (C=O) groups excluding carboxylic acids is 1. The van der Waals surface area contributed by atoms with E-state index in [2.05, 4.69) is 13.0 Å². The molecule has 4 saturated carbocycles. The van der Waals surface area contributed by atoms with Crippen molar-refractivity contribution in [1.29, 1.82) is 5.26 Å². The standard InChI is InChI=1S/C20H31NO2/c1-5-19(3,11-13(2)12-21)18(22)23-20(4)16-7-14-6-15(9-16)10-17(20)8-14/h13-17H,5-11H2,1-4H3. The number of ether oxygens (including phenoxy) is 1. The fraction of sp³-hybridized carbons (Fsp3) is 0.900. The van der Waals surface area contributed by atoms with E-state index in [1.165, 1.54) is 32.1 Å². The van der Waals surface area contributed by atoms with Gasteiger partial charge in [-0.1, -0.05) is 6.92 Å². The largest absolute Gasteiger partial charge is 0.458 e. The van der Waals surface area contributed by atoms with Gasteiger partial charge in [0, 0.05) is 5.92 Å². The summed E-state index contributed by atoms with van der Waals surface area (Å²) in [7, 11) is 0. The minimum atomic E-state index is -0.535. The molecule has 4 rings (SSSR count). The Kier molecular flexibility index (Phi) is 4.23. The number of nitrogens with zero attached hydrogens (tertiary/aromatic N) is 1. The Labute approximate surface area is 140 Å². The van der Waals surface area contributed by atoms with Crippen molar-refractivity contribution in [3.8, 4) is 6.07 Å². The van der Waals surface area contributed by atoms with Crippen molar-refractivity contribution in [2.45, 2.75) is 78.2 Å². The van der Waals surface area contributed by atoms with Crippen LogP contribution < -0.4 is 0 Å². The second-order valence-corrected chi connectivity index (χ2v) is 9.03. The van der Waals surface area contributed by atoms with Gasteiger partial charge in [0.15, 0.2) is 0 Å². The molecule has 0 aromatic rings. The van der Waals surface area contributed by atoms with Crippen molar-refractivity contribution in [2.24, 2.45) is 35.0 Å². The summed E-state index contributed by atoms with van der Waals surface area (Å²) >= 11 is 0. The molecule has 0 aromatic carbocycles. The van der Waals surface area contributed by atoms with Crippen molar-refractivity contribution in [3.63, 3.8) is 0 Å². The van der Waals surface area contributed by atoms with E-state index < -0.39 is 5.41 Å². The van der Waals surface area contributed by atoms with Crippen LogP contribution in [0.15, 0.2) is 0 Å². The van der Waals surface area contributed by atoms with Gasteiger partial charge in [-0.25, -0.2) is 0 Å². The first-order valence-corrected chi connectivity index (χ1v) is 9.43. The van der Waals surface area contributed by atoms with E-state index in [1.807, 2.05) is 20.8 Å². The van der Waals surface area contributed by atoms with Crippen LogP contribution in [0.2, 0.25) is 0 Å². The first kappa shape index (κ1) is 16.8. The maximum absolute atomic E-state index is 13.0. The van der Waals surface area contributed by atoms with Crippen LogP contribution >= 0.6 is 0 Å². The monoisotopic (exact) mass is 317 g/mol. The Morgan fingerprint density at radius 3 is 2.22 bits per heavy atom. The average Bonchev–Trinajstić information content (AvgIpc) is 2.51. The summed E-state index contributed by atoms with van der Waals surface area (Å²) in [6.45, 7) is 8.10. The van der Waals surface area contributed by atoms with Crippen LogP contribution in [0.1, 0.15) is 72.6 Å². The van der Waals surface area contributed by atoms with E-state index in [-0.39, 0.29) is 17.5 Å². The number of nitriles is 1. The van der Waals surface area contributed by atoms with Crippen molar-refractivity contribution in [3.05, 3.63) is 0 Å². The molecule has 4 fully saturated rings. The molecular formula is C20H31NO2. The lowest BCUT2D eigenvalue weighted by Crippen LogP contribution is -2.58. The van der Waals surface area contributed by atoms with E-state index in [4.69, 9.17) is 10.00 Å². The fourth-order valence-electron chi connectivity index (χ4n) is 5.70. The zero-order valence-electron chi connectivity index (χ0n) is 15.1. The van der Waals surface area contributed by atoms with Gasteiger partial charge in [0.25, 0.3) is 0 Å². The molecule has 3 nitrogen and oxygen atoms in total. The maximum atomic E-state index is 13.0. The molecule has 0 spiro atoms. The lowest BCUT2D eigenvalue weighted by atomic mass is 9.50. The highest BCUT2D eigenvalue weighted by atomic mass is 16.6. The molecule has 0 saturated heterocycles. The smallest absolute Gasteiger partial charge is 0.312 e. The van der Waals surface area contributed by atoms with E-state index in [9.17, 15) is 4.79 Å². The van der Waals surface area contributed by atoms with Crippen molar-refractivity contribution >= 4 is 5.97 Å². The van der Waals surface area contributed by atoms with Crippen LogP contribution in [0.25, 0.3) is 0 Å². The molecule has 0 aromatic heterocycles. The molecule has 4 aliphatic carbocycles. The van der Waals surface area contributed by atoms with E-state index >= 15 is 0 Å². The number of hydrogen-bond donors (Lipinski definition) is 0. The molecule has 2 atom stereocenters. The van der Waals surface area contributed by atoms with Crippen LogP contribution in [0, 0.1) is 46.3 Å². The van der Waals surface area contributed by atoms with Gasteiger partial charge in [0.2, 0.25) is 0 Å². The average molecular weight is 317 g/mol. The predicted octanol–water partition coefficient (Wildman–Crippen LogP) is 4.71. The van der Waals surface area contributed by atoms with Gasteiger partial charge < -0.3 is 4.74 Å². The van der Waals surface area contributed by atoms with E-state index in [1.54, 1.807) is 0 Å². The summed E-state index contributed by atoms with van der Waals surface area (Å²) in [5, 5.41) is 9.11. The summed E-state index contributed by atoms with van der Waals surface area (Å²) in [6.07, 6.45) is 7.71. The van der Waals surface area contributed by atoms with Crippen LogP contribution in [-0.4, -0.2) is 11.6 Å². The molecule has 0 radical (unpaired) electrons. The molecule has 4 bridgehead atoms. The Morgan fingerprint density at radius 1 is 1.26 bits per heavy atom. The highest BCUT2D eigenvalue weighted by Gasteiger charge is 2.57. The first-order chi connectivity index (χ1) is 10.8. The van der Waals surface area contributed by atoms with Crippen LogP contribution in [0.4, 0.5) is 0 Å². The van der Waals surface area contributed by atoms with Crippen LogP contribution in [0.3, 0.4) is 0 Å². The summed E-state index contributed by atoms with van der Waals surface area (Å²) in [5.74, 6) is 2.67. The second-order valence-electron chi connectivity index (χ2n) is 9.03. The summed E-state index contributed by atoms with van der Waals surface area (Å²) in [5.41, 5.74) is -0.802. The van der Waals surface area contributed by atoms with Gasteiger partial charge in [-0.05, 0) is 89.4 Å². The van der Waals surface area contributed by atoms with Gasteiger partial charge in [-0.3, -0.25) is 4.79 Å². The minimum absolute atomic E-state index is 0.0722. The zero-order valence-corrected chi connectivity index (χ0v) is 15.1. The topological polar surface area (TPSA) is 50.1 Å². The molecule has 0 amide bonds. The number of carbonyl (C=O) groups is 1. The van der Waals surface area contributed by atoms with Crippen molar-refractivity contribution in [1.82, 2.24) is 0 Å². The molecule has 0 N–H and O–H groups in total. The lowest BCUT2D eigenvalue weighted by Gasteiger charge is -2.59. The predicted molar refractivity (Wildman–Crippen MR) is 89.3 cm³/mol. The number of hydrogen-bond acceptors (Lipinski definition) is 3. The zero-order chi connectivity index (χ0) is 16.8. The fourth-order valence-corrected chi connectivity index (χ4v) is 5.70. The van der Waals surface area contributed by atoms with Crippen LogP contribution in [0.5, 0.6) is 0 Å². The summed E-state index contributed by atoms with van der Waals surface area (Å²) < 4.78 is 6.27. The molecule has 128 valence electrons. The van der Waals surface area contributed by atoms with Gasteiger partial charge in [-0.15, -0.1) is 0 Å². The third-order valence-electron chi connectivity index (χ3n) is 7.32. The van der Waals surface area contributed by atoms with Crippen molar-refractivity contribution < 1.29 is 9.53 Å². The van der Waals surface area contributed by atoms with Crippen molar-refractivity contribution in [2.75, 3.05) is 0 Å². The third kappa shape index (κ3) is 2.79. The molecule has 2 unspecified atom stereocenters. The molecule has 0 aliphatic heterocycles. The molecule has 4 aliphatic rings. The van der Waals surface area contributed by atoms with Gasteiger partial charge >= 0.3 is 5.97 Å². The van der Waals surface area contributed by atoms with E-state index in [0.717, 1.165) is 18.3 Å². The summed E-state index contributed by atoms with van der Waals surface area (Å²) in [4.78, 5) is 13.0. The molecule has 3 heteroatoms. The summed E-state index contributed by atoms with van der Waals surface area (Å²) in [6, 6.07) is 2.27. The minimum Gasteiger partial charge on any atom is -0.458 e. The first-order valence-electron chi connectivity index (χ1n) is 9.43. The third-order valence-corrected chi connectivity index (χ3v) is 7.32. The maximum Gasteiger partial charge on any atom is 0.312 e. The molecule has 23 heavy (non-hydrogen) atoms. The van der Waals surface area contributed by atoms with Gasteiger partial charge in [0.05, 0.1) is 11.5 Å². The molecule has 0 heterocycles. The second kappa shape index (κ2) is 5.80. The molecular weight excluding hydrogens is 286 g/mol. The van der Waals surface area contributed by atoms with E-state index in [0.29, 0.717) is 18.3 Å². The Morgan fingerprint density at radius 2 is 1.78 bits per heavy atom. The number of rotatable bonds is 5. The van der Waals surface area contributed by atoms with Crippen LogP contribution in [-0.2, 0) is 9.53 Å².